The van der Waals surface area contributed by atoms with E-state index in [1.807, 2.05) is 6.92 Å². The number of nitrogens with zero attached hydrogens (tertiary/aromatic N) is 2. The van der Waals surface area contributed by atoms with E-state index in [9.17, 15) is 18.0 Å². The number of unbranched alkanes of at least 4 members (excludes halogenated alkanes) is 1. The van der Waals surface area contributed by atoms with E-state index >= 15 is 0 Å². The van der Waals surface area contributed by atoms with E-state index in [1.54, 1.807) is 24.3 Å². The number of hydrogen-bond acceptors (Lipinski definition) is 4. The highest BCUT2D eigenvalue weighted by Gasteiger charge is 2.47. The SMILES string of the molecule is CCCCNC(=O)c1cnn2c1N[C@H](c1cccc(OC)c1)C[C@H]2C(F)(F)F. The normalized spacial score (nSPS) is 18.9. The van der Waals surface area contributed by atoms with Gasteiger partial charge in [-0.25, -0.2) is 4.68 Å². The maximum Gasteiger partial charge on any atom is 0.410 e. The van der Waals surface area contributed by atoms with E-state index in [0.29, 0.717) is 17.9 Å². The Hall–Kier alpha value is -2.71. The summed E-state index contributed by atoms with van der Waals surface area (Å²) in [4.78, 5) is 12.4. The maximum absolute atomic E-state index is 13.7. The molecular weight excluding hydrogens is 373 g/mol. The van der Waals surface area contributed by atoms with Crippen LogP contribution in [0.15, 0.2) is 30.5 Å². The molecule has 0 spiro atoms. The number of rotatable bonds is 6. The number of hydrogen-bond donors (Lipinski definition) is 2. The van der Waals surface area contributed by atoms with Gasteiger partial charge in [-0.3, -0.25) is 4.79 Å². The van der Waals surface area contributed by atoms with Crippen LogP contribution >= 0.6 is 0 Å². The minimum absolute atomic E-state index is 0.0791. The van der Waals surface area contributed by atoms with Crippen molar-refractivity contribution in [3.05, 3.63) is 41.6 Å². The number of methoxy groups -OCH3 is 1. The summed E-state index contributed by atoms with van der Waals surface area (Å²) in [7, 11) is 1.50. The highest BCUT2D eigenvalue weighted by molar-refractivity contribution is 5.98. The van der Waals surface area contributed by atoms with Gasteiger partial charge in [0.15, 0.2) is 6.04 Å². The second-order valence-corrected chi connectivity index (χ2v) is 6.73. The minimum atomic E-state index is -4.49. The van der Waals surface area contributed by atoms with E-state index in [-0.39, 0.29) is 17.8 Å². The lowest BCUT2D eigenvalue weighted by molar-refractivity contribution is -0.173. The Morgan fingerprint density at radius 3 is 2.89 bits per heavy atom. The quantitative estimate of drug-likeness (QED) is 0.722. The van der Waals surface area contributed by atoms with Crippen LogP contribution in [0.25, 0.3) is 0 Å². The van der Waals surface area contributed by atoms with Crippen molar-refractivity contribution < 1.29 is 22.7 Å². The molecule has 2 aromatic rings. The molecule has 1 amide bonds. The molecule has 2 atom stereocenters. The number of carbonyl (C=O) groups excluding carboxylic acids is 1. The van der Waals surface area contributed by atoms with E-state index in [1.165, 1.54) is 13.3 Å². The fraction of sp³-hybridized carbons (Fsp3) is 0.474. The van der Waals surface area contributed by atoms with Gasteiger partial charge in [0.1, 0.15) is 17.1 Å². The predicted molar refractivity (Wildman–Crippen MR) is 98.5 cm³/mol. The topological polar surface area (TPSA) is 68.2 Å². The summed E-state index contributed by atoms with van der Waals surface area (Å²) in [5.41, 5.74) is 0.761. The number of halogens is 3. The molecule has 0 fully saturated rings. The molecule has 1 aliphatic heterocycles. The lowest BCUT2D eigenvalue weighted by Gasteiger charge is -2.34. The van der Waals surface area contributed by atoms with Gasteiger partial charge in [-0.2, -0.15) is 18.3 Å². The molecule has 0 saturated carbocycles. The Morgan fingerprint density at radius 2 is 2.21 bits per heavy atom. The predicted octanol–water partition coefficient (Wildman–Crippen LogP) is 4.08. The molecule has 0 bridgehead atoms. The van der Waals surface area contributed by atoms with Crippen molar-refractivity contribution in [1.29, 1.82) is 0 Å². The molecule has 1 aromatic carbocycles. The lowest BCUT2D eigenvalue weighted by Crippen LogP contribution is -2.36. The fourth-order valence-electron chi connectivity index (χ4n) is 3.28. The molecule has 0 radical (unpaired) electrons. The van der Waals surface area contributed by atoms with Crippen molar-refractivity contribution in [2.75, 3.05) is 19.0 Å². The Balaban J connectivity index is 1.95. The van der Waals surface area contributed by atoms with Crippen LogP contribution in [-0.2, 0) is 0 Å². The van der Waals surface area contributed by atoms with Gasteiger partial charge in [-0.15, -0.1) is 0 Å². The third-order valence-corrected chi connectivity index (χ3v) is 4.80. The first kappa shape index (κ1) is 20.0. The fourth-order valence-corrected chi connectivity index (χ4v) is 3.28. The first-order valence-electron chi connectivity index (χ1n) is 9.18. The molecule has 2 heterocycles. The smallest absolute Gasteiger partial charge is 0.410 e. The van der Waals surface area contributed by atoms with Crippen LogP contribution < -0.4 is 15.4 Å². The average molecular weight is 396 g/mol. The van der Waals surface area contributed by atoms with Crippen LogP contribution in [0.1, 0.15) is 54.2 Å². The summed E-state index contributed by atoms with van der Waals surface area (Å²) in [6, 6.07) is 4.43. The zero-order valence-corrected chi connectivity index (χ0v) is 15.7. The number of alkyl halides is 3. The number of fused-ring (bicyclic) bond motifs is 1. The van der Waals surface area contributed by atoms with Gasteiger partial charge in [0, 0.05) is 13.0 Å². The lowest BCUT2D eigenvalue weighted by atomic mass is 9.96. The van der Waals surface area contributed by atoms with Crippen molar-refractivity contribution in [3.8, 4) is 5.75 Å². The summed E-state index contributed by atoms with van der Waals surface area (Å²) in [5, 5.41) is 9.66. The van der Waals surface area contributed by atoms with E-state index in [2.05, 4.69) is 15.7 Å². The van der Waals surface area contributed by atoms with Crippen LogP contribution in [0.3, 0.4) is 0 Å². The molecule has 9 heteroatoms. The summed E-state index contributed by atoms with van der Waals surface area (Å²) in [6.45, 7) is 2.45. The van der Waals surface area contributed by atoms with Crippen LogP contribution in [0.4, 0.5) is 19.0 Å². The molecule has 0 unspecified atom stereocenters. The molecule has 3 rings (SSSR count). The van der Waals surface area contributed by atoms with Crippen molar-refractivity contribution in [1.82, 2.24) is 15.1 Å². The van der Waals surface area contributed by atoms with Crippen molar-refractivity contribution in [2.45, 2.75) is 44.4 Å². The van der Waals surface area contributed by atoms with Gasteiger partial charge in [0.2, 0.25) is 0 Å². The van der Waals surface area contributed by atoms with Crippen LogP contribution in [-0.4, -0.2) is 35.5 Å². The van der Waals surface area contributed by atoms with Crippen molar-refractivity contribution in [3.63, 3.8) is 0 Å². The van der Waals surface area contributed by atoms with Crippen molar-refractivity contribution >= 4 is 11.7 Å². The van der Waals surface area contributed by atoms with E-state index < -0.39 is 24.2 Å². The molecule has 152 valence electrons. The number of nitrogens with one attached hydrogen (secondary N) is 2. The summed E-state index contributed by atoms with van der Waals surface area (Å²) in [5.74, 6) is 0.198. The van der Waals surface area contributed by atoms with Crippen LogP contribution in [0, 0.1) is 0 Å². The van der Waals surface area contributed by atoms with Crippen molar-refractivity contribution in [2.24, 2.45) is 0 Å². The first-order valence-corrected chi connectivity index (χ1v) is 9.18. The third kappa shape index (κ3) is 4.07. The molecule has 1 aromatic heterocycles. The standard InChI is InChI=1S/C19H23F3N4O2/c1-3-4-8-23-18(27)14-11-24-26-16(19(20,21)22)10-15(25-17(14)26)12-6-5-7-13(9-12)28-2/h5-7,9,11,15-16,25H,3-4,8,10H2,1-2H3,(H,23,27)/t15-,16-/m0/s1. The molecule has 6 nitrogen and oxygen atoms in total. The number of carbonyl (C=O) groups is 1. The number of aromatic nitrogens is 2. The number of benzene rings is 1. The Morgan fingerprint density at radius 1 is 1.43 bits per heavy atom. The summed E-state index contributed by atoms with van der Waals surface area (Å²) < 4.78 is 47.1. The van der Waals surface area contributed by atoms with Gasteiger partial charge < -0.3 is 15.4 Å². The summed E-state index contributed by atoms with van der Waals surface area (Å²) >= 11 is 0. The Labute approximate surface area is 161 Å². The molecule has 1 aliphatic rings. The molecule has 0 saturated heterocycles. The van der Waals surface area contributed by atoms with Gasteiger partial charge in [0.05, 0.1) is 19.3 Å². The highest BCUT2D eigenvalue weighted by atomic mass is 19.4. The first-order chi connectivity index (χ1) is 13.3. The maximum atomic E-state index is 13.7. The molecular formula is C19H23F3N4O2. The van der Waals surface area contributed by atoms with Crippen LogP contribution in [0.2, 0.25) is 0 Å². The van der Waals surface area contributed by atoms with Gasteiger partial charge >= 0.3 is 6.18 Å². The largest absolute Gasteiger partial charge is 0.497 e. The number of amides is 1. The van der Waals surface area contributed by atoms with Gasteiger partial charge in [-0.05, 0) is 24.1 Å². The third-order valence-electron chi connectivity index (χ3n) is 4.80. The molecule has 2 N–H and O–H groups in total. The second-order valence-electron chi connectivity index (χ2n) is 6.73. The zero-order valence-electron chi connectivity index (χ0n) is 15.7. The zero-order chi connectivity index (χ0) is 20.3. The molecule has 28 heavy (non-hydrogen) atoms. The number of ether oxygens (including phenoxy) is 1. The highest BCUT2D eigenvalue weighted by Crippen LogP contribution is 2.44. The van der Waals surface area contributed by atoms with E-state index in [4.69, 9.17) is 4.74 Å². The van der Waals surface area contributed by atoms with E-state index in [0.717, 1.165) is 17.5 Å². The summed E-state index contributed by atoms with van der Waals surface area (Å²) in [6.07, 6.45) is -1.84. The monoisotopic (exact) mass is 396 g/mol. The van der Waals surface area contributed by atoms with Gasteiger partial charge in [0.25, 0.3) is 5.91 Å². The minimum Gasteiger partial charge on any atom is -0.497 e. The molecule has 0 aliphatic carbocycles. The number of anilines is 1. The average Bonchev–Trinajstić information content (AvgIpc) is 3.10. The second kappa shape index (κ2) is 8.12. The van der Waals surface area contributed by atoms with Crippen LogP contribution in [0.5, 0.6) is 5.75 Å². The Bertz CT molecular complexity index is 835. The Kier molecular flexibility index (Phi) is 5.81. The van der Waals surface area contributed by atoms with Gasteiger partial charge in [-0.1, -0.05) is 25.5 Å².